The van der Waals surface area contributed by atoms with Gasteiger partial charge < -0.3 is 0 Å². The lowest BCUT2D eigenvalue weighted by Crippen LogP contribution is -1.95. The van der Waals surface area contributed by atoms with Crippen LogP contribution in [0.1, 0.15) is 36.5 Å². The van der Waals surface area contributed by atoms with Crippen LogP contribution in [0.3, 0.4) is 0 Å². The molecule has 0 bridgehead atoms. The first kappa shape index (κ1) is 9.24. The summed E-state index contributed by atoms with van der Waals surface area (Å²) in [4.78, 5) is 0. The van der Waals surface area contributed by atoms with Crippen LogP contribution in [0.5, 0.6) is 0 Å². The van der Waals surface area contributed by atoms with Gasteiger partial charge >= 0.3 is 0 Å². The van der Waals surface area contributed by atoms with Crippen LogP contribution in [-0.4, -0.2) is 0 Å². The Hall–Kier alpha value is -0.850. The van der Waals surface area contributed by atoms with E-state index in [4.69, 9.17) is 0 Å². The minimum atomic E-state index is -0.100. The Morgan fingerprint density at radius 3 is 2.17 bits per heavy atom. The van der Waals surface area contributed by atoms with E-state index in [1.807, 2.05) is 13.0 Å². The molecule has 0 N–H and O–H groups in total. The monoisotopic (exact) mass is 166 g/mol. The fourth-order valence-corrected chi connectivity index (χ4v) is 1.43. The third-order valence-corrected chi connectivity index (χ3v) is 2.17. The molecule has 1 aromatic rings. The van der Waals surface area contributed by atoms with Crippen LogP contribution in [-0.2, 0) is 0 Å². The van der Waals surface area contributed by atoms with Crippen molar-refractivity contribution >= 4 is 0 Å². The summed E-state index contributed by atoms with van der Waals surface area (Å²) >= 11 is 0. The van der Waals surface area contributed by atoms with Crippen molar-refractivity contribution in [1.29, 1.82) is 0 Å². The standard InChI is InChI=1S/C11H15F/c1-7(2)10-5-9(4)11(12)6-8(10)3/h5-7H,1-4H3. The van der Waals surface area contributed by atoms with Crippen molar-refractivity contribution < 1.29 is 4.39 Å². The van der Waals surface area contributed by atoms with Gasteiger partial charge in [0.2, 0.25) is 0 Å². The Kier molecular flexibility index (Phi) is 2.51. The summed E-state index contributed by atoms with van der Waals surface area (Å²) in [5.41, 5.74) is 3.03. The zero-order valence-electron chi connectivity index (χ0n) is 8.11. The van der Waals surface area contributed by atoms with Crippen LogP contribution in [0.25, 0.3) is 0 Å². The zero-order valence-corrected chi connectivity index (χ0v) is 8.11. The summed E-state index contributed by atoms with van der Waals surface area (Å²) in [7, 11) is 0. The van der Waals surface area contributed by atoms with Gasteiger partial charge in [0.15, 0.2) is 0 Å². The number of hydrogen-bond acceptors (Lipinski definition) is 0. The van der Waals surface area contributed by atoms with Crippen molar-refractivity contribution in [3.8, 4) is 0 Å². The van der Waals surface area contributed by atoms with Gasteiger partial charge in [0, 0.05) is 0 Å². The molecular weight excluding hydrogens is 151 g/mol. The molecule has 1 rings (SSSR count). The first-order chi connectivity index (χ1) is 5.52. The van der Waals surface area contributed by atoms with Crippen molar-refractivity contribution in [2.45, 2.75) is 33.6 Å². The summed E-state index contributed by atoms with van der Waals surface area (Å²) in [6.07, 6.45) is 0. The molecule has 0 fully saturated rings. The minimum absolute atomic E-state index is 0.100. The second-order valence-electron chi connectivity index (χ2n) is 3.61. The largest absolute Gasteiger partial charge is 0.207 e. The van der Waals surface area contributed by atoms with Gasteiger partial charge in [0.05, 0.1) is 0 Å². The molecule has 0 unspecified atom stereocenters. The predicted molar refractivity (Wildman–Crippen MR) is 50.0 cm³/mol. The van der Waals surface area contributed by atoms with Crippen molar-refractivity contribution in [1.82, 2.24) is 0 Å². The number of aryl methyl sites for hydroxylation is 2. The average Bonchev–Trinajstić information content (AvgIpc) is 1.96. The highest BCUT2D eigenvalue weighted by Gasteiger charge is 2.06. The Labute approximate surface area is 73.4 Å². The molecule has 0 aliphatic rings. The SMILES string of the molecule is Cc1cc(C(C)C)c(C)cc1F. The Morgan fingerprint density at radius 2 is 1.67 bits per heavy atom. The molecule has 0 nitrogen and oxygen atoms in total. The van der Waals surface area contributed by atoms with Gasteiger partial charge in [-0.15, -0.1) is 0 Å². The highest BCUT2D eigenvalue weighted by molar-refractivity contribution is 5.33. The maximum absolute atomic E-state index is 13.0. The lowest BCUT2D eigenvalue weighted by molar-refractivity contribution is 0.615. The topological polar surface area (TPSA) is 0 Å². The summed E-state index contributed by atoms with van der Waals surface area (Å²) < 4.78 is 13.0. The maximum atomic E-state index is 13.0. The molecule has 0 radical (unpaired) electrons. The first-order valence-corrected chi connectivity index (χ1v) is 4.29. The van der Waals surface area contributed by atoms with E-state index < -0.39 is 0 Å². The third-order valence-electron chi connectivity index (χ3n) is 2.17. The van der Waals surface area contributed by atoms with Crippen LogP contribution in [0.15, 0.2) is 12.1 Å². The van der Waals surface area contributed by atoms with Crippen molar-refractivity contribution in [2.75, 3.05) is 0 Å². The molecule has 1 aromatic carbocycles. The molecule has 12 heavy (non-hydrogen) atoms. The summed E-state index contributed by atoms with van der Waals surface area (Å²) in [6.45, 7) is 8.01. The quantitative estimate of drug-likeness (QED) is 0.598. The highest BCUT2D eigenvalue weighted by Crippen LogP contribution is 2.21. The van der Waals surface area contributed by atoms with Gasteiger partial charge in [0.25, 0.3) is 0 Å². The average molecular weight is 166 g/mol. The van der Waals surface area contributed by atoms with E-state index in [-0.39, 0.29) is 5.82 Å². The molecule has 0 spiro atoms. The Bertz CT molecular complexity index is 287. The highest BCUT2D eigenvalue weighted by atomic mass is 19.1. The van der Waals surface area contributed by atoms with Gasteiger partial charge in [-0.05, 0) is 42.5 Å². The molecule has 0 heterocycles. The molecule has 0 aliphatic heterocycles. The second kappa shape index (κ2) is 3.26. The van der Waals surface area contributed by atoms with Gasteiger partial charge in [0.1, 0.15) is 5.82 Å². The molecule has 0 atom stereocenters. The lowest BCUT2D eigenvalue weighted by Gasteiger charge is -2.10. The fourth-order valence-electron chi connectivity index (χ4n) is 1.43. The van der Waals surface area contributed by atoms with Gasteiger partial charge in [-0.3, -0.25) is 0 Å². The number of halogens is 1. The second-order valence-corrected chi connectivity index (χ2v) is 3.61. The van der Waals surface area contributed by atoms with Crippen LogP contribution in [0, 0.1) is 19.7 Å². The van der Waals surface area contributed by atoms with Crippen LogP contribution in [0.4, 0.5) is 4.39 Å². The van der Waals surface area contributed by atoms with Crippen LogP contribution >= 0.6 is 0 Å². The summed E-state index contributed by atoms with van der Waals surface area (Å²) in [5.74, 6) is 0.376. The molecule has 0 aromatic heterocycles. The lowest BCUT2D eigenvalue weighted by atomic mass is 9.96. The van der Waals surface area contributed by atoms with Crippen molar-refractivity contribution in [3.63, 3.8) is 0 Å². The zero-order chi connectivity index (χ0) is 9.30. The normalized spacial score (nSPS) is 10.8. The molecule has 66 valence electrons. The minimum Gasteiger partial charge on any atom is -0.207 e. The van der Waals surface area contributed by atoms with E-state index in [1.54, 1.807) is 13.0 Å². The molecule has 0 amide bonds. The van der Waals surface area contributed by atoms with Crippen molar-refractivity contribution in [2.24, 2.45) is 0 Å². The summed E-state index contributed by atoms with van der Waals surface area (Å²) in [6, 6.07) is 3.56. The van der Waals surface area contributed by atoms with Crippen LogP contribution in [0.2, 0.25) is 0 Å². The molecule has 0 saturated heterocycles. The van der Waals surface area contributed by atoms with E-state index in [2.05, 4.69) is 13.8 Å². The van der Waals surface area contributed by atoms with Gasteiger partial charge in [-0.2, -0.15) is 0 Å². The van der Waals surface area contributed by atoms with E-state index in [1.165, 1.54) is 5.56 Å². The number of benzene rings is 1. The summed E-state index contributed by atoms with van der Waals surface area (Å²) in [5, 5.41) is 0. The molecule has 0 aliphatic carbocycles. The van der Waals surface area contributed by atoms with E-state index in [0.717, 1.165) is 11.1 Å². The fraction of sp³-hybridized carbons (Fsp3) is 0.455. The van der Waals surface area contributed by atoms with Crippen molar-refractivity contribution in [3.05, 3.63) is 34.6 Å². The first-order valence-electron chi connectivity index (χ1n) is 4.29. The smallest absolute Gasteiger partial charge is 0.126 e. The van der Waals surface area contributed by atoms with Gasteiger partial charge in [-0.1, -0.05) is 19.9 Å². The molecule has 0 saturated carbocycles. The number of rotatable bonds is 1. The third kappa shape index (κ3) is 1.66. The number of hydrogen-bond donors (Lipinski definition) is 0. The molecule has 1 heteroatoms. The van der Waals surface area contributed by atoms with E-state index in [0.29, 0.717) is 5.92 Å². The Balaban J connectivity index is 3.23. The van der Waals surface area contributed by atoms with Gasteiger partial charge in [-0.25, -0.2) is 4.39 Å². The van der Waals surface area contributed by atoms with E-state index >= 15 is 0 Å². The van der Waals surface area contributed by atoms with E-state index in [9.17, 15) is 4.39 Å². The Morgan fingerprint density at radius 1 is 1.08 bits per heavy atom. The van der Waals surface area contributed by atoms with Crippen LogP contribution < -0.4 is 0 Å². The molecular formula is C11H15F. The predicted octanol–water partition coefficient (Wildman–Crippen LogP) is 3.57. The maximum Gasteiger partial charge on any atom is 0.126 e.